The molecular weight excluding hydrogens is 292 g/mol. The maximum atomic E-state index is 12.8. The van der Waals surface area contributed by atoms with Crippen molar-refractivity contribution in [3.8, 4) is 0 Å². The minimum absolute atomic E-state index is 0.189. The Kier molecular flexibility index (Phi) is 3.56. The molecule has 20 heavy (non-hydrogen) atoms. The second-order valence-corrected chi connectivity index (χ2v) is 7.97. The molecule has 0 bridgehead atoms. The van der Waals surface area contributed by atoms with Crippen LogP contribution in [-0.4, -0.2) is 30.3 Å². The van der Waals surface area contributed by atoms with E-state index >= 15 is 0 Å². The minimum Gasteiger partial charge on any atom is -0.389 e. The monoisotopic (exact) mass is 310 g/mol. The van der Waals surface area contributed by atoms with Crippen molar-refractivity contribution in [3.05, 3.63) is 29.8 Å². The topological polar surface area (TPSA) is 63.4 Å². The molecule has 6 heteroatoms. The number of hydrogen-bond acceptors (Lipinski definition) is 3. The molecular formula is C14H18N2O2S2. The zero-order valence-electron chi connectivity index (χ0n) is 11.2. The van der Waals surface area contributed by atoms with Crippen molar-refractivity contribution >= 4 is 27.2 Å². The largest absolute Gasteiger partial charge is 0.389 e. The smallest absolute Gasteiger partial charge is 0.243 e. The van der Waals surface area contributed by atoms with Crippen LogP contribution in [0.1, 0.15) is 31.2 Å². The maximum absolute atomic E-state index is 12.8. The highest BCUT2D eigenvalue weighted by molar-refractivity contribution is 7.89. The van der Waals surface area contributed by atoms with E-state index in [9.17, 15) is 8.42 Å². The van der Waals surface area contributed by atoms with Crippen LogP contribution in [-0.2, 0) is 10.0 Å². The molecule has 3 rings (SSSR count). The average Bonchev–Trinajstić information content (AvgIpc) is 3.27. The van der Waals surface area contributed by atoms with Crippen molar-refractivity contribution in [1.82, 2.24) is 4.31 Å². The maximum Gasteiger partial charge on any atom is 0.243 e. The summed E-state index contributed by atoms with van der Waals surface area (Å²) >= 11 is 4.92. The van der Waals surface area contributed by atoms with Gasteiger partial charge >= 0.3 is 0 Å². The van der Waals surface area contributed by atoms with Gasteiger partial charge in [-0.3, -0.25) is 0 Å². The number of nitrogens with two attached hydrogens (primary N) is 1. The third-order valence-electron chi connectivity index (χ3n) is 3.81. The molecule has 0 spiro atoms. The summed E-state index contributed by atoms with van der Waals surface area (Å²) in [6, 6.07) is 6.83. The first-order chi connectivity index (χ1) is 9.48. The van der Waals surface area contributed by atoms with E-state index in [1.165, 1.54) is 0 Å². The Morgan fingerprint density at radius 2 is 2.00 bits per heavy atom. The van der Waals surface area contributed by atoms with Gasteiger partial charge in [-0.15, -0.1) is 0 Å². The Bertz CT molecular complexity index is 634. The van der Waals surface area contributed by atoms with Crippen LogP contribution in [0.5, 0.6) is 0 Å². The first-order valence-electron chi connectivity index (χ1n) is 6.90. The number of thiocarbonyl (C=S) groups is 1. The van der Waals surface area contributed by atoms with Gasteiger partial charge in [0, 0.05) is 18.2 Å². The van der Waals surface area contributed by atoms with E-state index in [2.05, 4.69) is 0 Å². The number of nitrogens with zero attached hydrogens (tertiary/aromatic N) is 1. The van der Waals surface area contributed by atoms with Gasteiger partial charge in [0.2, 0.25) is 10.0 Å². The molecule has 2 fully saturated rings. The number of sulfonamides is 1. The van der Waals surface area contributed by atoms with Crippen LogP contribution < -0.4 is 5.73 Å². The molecule has 108 valence electrons. The Morgan fingerprint density at radius 3 is 2.55 bits per heavy atom. The van der Waals surface area contributed by atoms with Gasteiger partial charge in [0.15, 0.2) is 0 Å². The SMILES string of the molecule is NC(=S)c1cccc(S(=O)(=O)N(CC2CC2)C2CC2)c1. The second-order valence-electron chi connectivity index (χ2n) is 5.64. The van der Waals surface area contributed by atoms with E-state index in [0.717, 1.165) is 25.7 Å². The fraction of sp³-hybridized carbons (Fsp3) is 0.500. The molecule has 0 saturated heterocycles. The molecule has 0 atom stereocenters. The minimum atomic E-state index is -3.43. The van der Waals surface area contributed by atoms with Crippen LogP contribution in [0.25, 0.3) is 0 Å². The van der Waals surface area contributed by atoms with Gasteiger partial charge in [0.1, 0.15) is 4.99 Å². The van der Waals surface area contributed by atoms with Gasteiger partial charge < -0.3 is 5.73 Å². The molecule has 0 radical (unpaired) electrons. The van der Waals surface area contributed by atoms with Gasteiger partial charge in [-0.25, -0.2) is 8.42 Å². The lowest BCUT2D eigenvalue weighted by Gasteiger charge is -2.22. The molecule has 0 amide bonds. The predicted molar refractivity (Wildman–Crippen MR) is 82.0 cm³/mol. The van der Waals surface area contributed by atoms with Gasteiger partial charge in [0.05, 0.1) is 4.90 Å². The van der Waals surface area contributed by atoms with E-state index in [1.807, 2.05) is 0 Å². The van der Waals surface area contributed by atoms with Gasteiger partial charge in [-0.2, -0.15) is 4.31 Å². The highest BCUT2D eigenvalue weighted by atomic mass is 32.2. The summed E-state index contributed by atoms with van der Waals surface area (Å²) in [5, 5.41) is 0. The quantitative estimate of drug-likeness (QED) is 0.815. The Labute approximate surface area is 125 Å². The van der Waals surface area contributed by atoms with Crippen LogP contribution >= 0.6 is 12.2 Å². The highest BCUT2D eigenvalue weighted by Gasteiger charge is 2.41. The lowest BCUT2D eigenvalue weighted by molar-refractivity contribution is 0.389. The molecule has 0 heterocycles. The van der Waals surface area contributed by atoms with Crippen molar-refractivity contribution in [1.29, 1.82) is 0 Å². The standard InChI is InChI=1S/C14H18N2O2S2/c15-14(19)11-2-1-3-13(8-11)20(17,18)16(12-6-7-12)9-10-4-5-10/h1-3,8,10,12H,4-7,9H2,(H2,15,19). The summed E-state index contributed by atoms with van der Waals surface area (Å²) in [5.74, 6) is 0.546. The molecule has 2 aliphatic rings. The summed E-state index contributed by atoms with van der Waals surface area (Å²) in [6.07, 6.45) is 4.24. The molecule has 1 aromatic carbocycles. The fourth-order valence-corrected chi connectivity index (χ4v) is 4.24. The fourth-order valence-electron chi connectivity index (χ4n) is 2.31. The second kappa shape index (κ2) is 5.09. The lowest BCUT2D eigenvalue weighted by Crippen LogP contribution is -2.35. The average molecular weight is 310 g/mol. The Balaban J connectivity index is 1.92. The van der Waals surface area contributed by atoms with Crippen LogP contribution in [0.3, 0.4) is 0 Å². The third-order valence-corrected chi connectivity index (χ3v) is 5.96. The van der Waals surface area contributed by atoms with Crippen molar-refractivity contribution in [2.24, 2.45) is 11.7 Å². The molecule has 4 nitrogen and oxygen atoms in total. The molecule has 2 saturated carbocycles. The zero-order valence-corrected chi connectivity index (χ0v) is 12.8. The van der Waals surface area contributed by atoms with Crippen LogP contribution in [0, 0.1) is 5.92 Å². The zero-order chi connectivity index (χ0) is 14.3. The van der Waals surface area contributed by atoms with Crippen molar-refractivity contribution in [2.45, 2.75) is 36.6 Å². The summed E-state index contributed by atoms with van der Waals surface area (Å²) in [7, 11) is -3.43. The summed E-state index contributed by atoms with van der Waals surface area (Å²) in [4.78, 5) is 0.526. The van der Waals surface area contributed by atoms with Gasteiger partial charge in [-0.05, 0) is 43.7 Å². The highest BCUT2D eigenvalue weighted by Crippen LogP contribution is 2.38. The summed E-state index contributed by atoms with van der Waals surface area (Å²) in [6.45, 7) is 0.657. The van der Waals surface area contributed by atoms with Crippen molar-refractivity contribution in [2.75, 3.05) is 6.54 Å². The van der Waals surface area contributed by atoms with Gasteiger partial charge in [-0.1, -0.05) is 24.4 Å². The first kappa shape index (κ1) is 14.0. The van der Waals surface area contributed by atoms with Crippen LogP contribution in [0.15, 0.2) is 29.2 Å². The van der Waals surface area contributed by atoms with E-state index < -0.39 is 10.0 Å². The molecule has 0 aliphatic heterocycles. The third kappa shape index (κ3) is 2.87. The van der Waals surface area contributed by atoms with E-state index in [0.29, 0.717) is 22.9 Å². The number of benzene rings is 1. The summed E-state index contributed by atoms with van der Waals surface area (Å²) < 4.78 is 27.3. The molecule has 0 aromatic heterocycles. The molecule has 2 aliphatic carbocycles. The first-order valence-corrected chi connectivity index (χ1v) is 8.75. The van der Waals surface area contributed by atoms with Crippen molar-refractivity contribution in [3.63, 3.8) is 0 Å². The number of rotatable bonds is 6. The molecule has 0 unspecified atom stereocenters. The predicted octanol–water partition coefficient (Wildman–Crippen LogP) is 1.88. The van der Waals surface area contributed by atoms with Crippen molar-refractivity contribution < 1.29 is 8.42 Å². The Hall–Kier alpha value is -0.980. The lowest BCUT2D eigenvalue weighted by atomic mass is 10.2. The van der Waals surface area contributed by atoms with Crippen LogP contribution in [0.4, 0.5) is 0 Å². The summed E-state index contributed by atoms with van der Waals surface area (Å²) in [5.41, 5.74) is 6.19. The van der Waals surface area contributed by atoms with E-state index in [4.69, 9.17) is 18.0 Å². The Morgan fingerprint density at radius 1 is 1.30 bits per heavy atom. The number of hydrogen-bond donors (Lipinski definition) is 1. The normalized spacial score (nSPS) is 19.2. The van der Waals surface area contributed by atoms with Gasteiger partial charge in [0.25, 0.3) is 0 Å². The van der Waals surface area contributed by atoms with E-state index in [1.54, 1.807) is 28.6 Å². The molecule has 2 N–H and O–H groups in total. The van der Waals surface area contributed by atoms with Crippen LogP contribution in [0.2, 0.25) is 0 Å². The van der Waals surface area contributed by atoms with E-state index in [-0.39, 0.29) is 11.0 Å². The molecule has 1 aromatic rings.